The van der Waals surface area contributed by atoms with E-state index in [0.29, 0.717) is 47.3 Å². The average Bonchev–Trinajstić information content (AvgIpc) is 3.52. The first-order valence-electron chi connectivity index (χ1n) is 9.94. The van der Waals surface area contributed by atoms with Crippen LogP contribution in [0.3, 0.4) is 0 Å². The highest BCUT2D eigenvalue weighted by Crippen LogP contribution is 2.34. The number of aromatic nitrogens is 2. The summed E-state index contributed by atoms with van der Waals surface area (Å²) in [5.74, 6) is 2.22. The van der Waals surface area contributed by atoms with E-state index < -0.39 is 0 Å². The van der Waals surface area contributed by atoms with Crippen LogP contribution >= 0.6 is 0 Å². The van der Waals surface area contributed by atoms with Crippen LogP contribution in [0.1, 0.15) is 39.4 Å². The minimum absolute atomic E-state index is 0.0135. The zero-order valence-corrected chi connectivity index (χ0v) is 16.5. The molecular formula is C22H21N3O5. The van der Waals surface area contributed by atoms with Crippen LogP contribution in [0.4, 0.5) is 0 Å². The molecule has 2 aliphatic rings. The van der Waals surface area contributed by atoms with Crippen molar-refractivity contribution < 1.29 is 23.5 Å². The van der Waals surface area contributed by atoms with Gasteiger partial charge in [0.15, 0.2) is 28.7 Å². The van der Waals surface area contributed by atoms with E-state index in [-0.39, 0.29) is 24.4 Å². The maximum absolute atomic E-state index is 13.0. The second kappa shape index (κ2) is 7.37. The number of amides is 1. The zero-order chi connectivity index (χ0) is 20.7. The predicted octanol–water partition coefficient (Wildman–Crippen LogP) is 3.44. The van der Waals surface area contributed by atoms with E-state index in [4.69, 9.17) is 13.9 Å². The van der Waals surface area contributed by atoms with Gasteiger partial charge in [0.05, 0.1) is 0 Å². The molecule has 0 saturated carbocycles. The molecule has 1 saturated heterocycles. The summed E-state index contributed by atoms with van der Waals surface area (Å²) in [6, 6.07) is 10.6. The van der Waals surface area contributed by atoms with E-state index >= 15 is 0 Å². The van der Waals surface area contributed by atoms with Gasteiger partial charge in [-0.2, -0.15) is 5.10 Å². The number of carbonyl (C=O) groups excluding carboxylic acids is 2. The Morgan fingerprint density at radius 1 is 1.13 bits per heavy atom. The van der Waals surface area contributed by atoms with Crippen LogP contribution in [0, 0.1) is 12.8 Å². The summed E-state index contributed by atoms with van der Waals surface area (Å²) in [5.41, 5.74) is 1.54. The number of furan rings is 1. The van der Waals surface area contributed by atoms with Crippen molar-refractivity contribution in [3.8, 4) is 23.0 Å². The summed E-state index contributed by atoms with van der Waals surface area (Å²) in [5, 5.41) is 7.01. The number of fused-ring (bicyclic) bond motifs is 1. The molecule has 3 aromatic rings. The fourth-order valence-electron chi connectivity index (χ4n) is 3.96. The Morgan fingerprint density at radius 2 is 2.00 bits per heavy atom. The molecule has 8 nitrogen and oxygen atoms in total. The first-order valence-corrected chi connectivity index (χ1v) is 9.94. The largest absolute Gasteiger partial charge is 0.460 e. The van der Waals surface area contributed by atoms with Crippen molar-refractivity contribution in [2.75, 3.05) is 19.9 Å². The molecule has 0 spiro atoms. The van der Waals surface area contributed by atoms with Gasteiger partial charge in [-0.15, -0.1) is 0 Å². The molecule has 1 unspecified atom stereocenters. The summed E-state index contributed by atoms with van der Waals surface area (Å²) in [4.78, 5) is 27.7. The highest BCUT2D eigenvalue weighted by molar-refractivity contribution is 5.99. The molecule has 0 aliphatic carbocycles. The lowest BCUT2D eigenvalue weighted by Crippen LogP contribution is -2.42. The van der Waals surface area contributed by atoms with Gasteiger partial charge >= 0.3 is 0 Å². The van der Waals surface area contributed by atoms with Crippen LogP contribution in [0.5, 0.6) is 11.5 Å². The van der Waals surface area contributed by atoms with Crippen molar-refractivity contribution in [1.29, 1.82) is 0 Å². The van der Waals surface area contributed by atoms with Crippen LogP contribution < -0.4 is 9.47 Å². The Hall–Kier alpha value is -3.55. The lowest BCUT2D eigenvalue weighted by Gasteiger charge is -2.31. The Bertz CT molecular complexity index is 1120. The molecule has 0 radical (unpaired) electrons. The second-order valence-electron chi connectivity index (χ2n) is 7.60. The summed E-state index contributed by atoms with van der Waals surface area (Å²) in [6.07, 6.45) is 1.51. The maximum atomic E-state index is 13.0. The van der Waals surface area contributed by atoms with Gasteiger partial charge in [-0.25, -0.2) is 0 Å². The van der Waals surface area contributed by atoms with E-state index in [0.717, 1.165) is 18.6 Å². The molecule has 5 rings (SSSR count). The monoisotopic (exact) mass is 407 g/mol. The van der Waals surface area contributed by atoms with E-state index in [2.05, 4.69) is 10.2 Å². The van der Waals surface area contributed by atoms with Gasteiger partial charge in [0.2, 0.25) is 6.79 Å². The highest BCUT2D eigenvalue weighted by Gasteiger charge is 2.31. The van der Waals surface area contributed by atoms with E-state index in [1.165, 1.54) is 0 Å². The molecule has 1 amide bonds. The van der Waals surface area contributed by atoms with Crippen molar-refractivity contribution in [1.82, 2.24) is 15.1 Å². The molecule has 30 heavy (non-hydrogen) atoms. The summed E-state index contributed by atoms with van der Waals surface area (Å²) in [6.45, 7) is 3.00. The Balaban J connectivity index is 1.30. The molecule has 8 heteroatoms. The van der Waals surface area contributed by atoms with Crippen molar-refractivity contribution in [3.63, 3.8) is 0 Å². The number of hydrogen-bond donors (Lipinski definition) is 1. The average molecular weight is 407 g/mol. The van der Waals surface area contributed by atoms with Gasteiger partial charge < -0.3 is 18.8 Å². The lowest BCUT2D eigenvalue weighted by atomic mass is 9.89. The summed E-state index contributed by atoms with van der Waals surface area (Å²) in [7, 11) is 0. The van der Waals surface area contributed by atoms with Crippen LogP contribution in [-0.4, -0.2) is 46.7 Å². The first kappa shape index (κ1) is 18.5. The number of nitrogens with zero attached hydrogens (tertiary/aromatic N) is 2. The number of ketones is 1. The number of H-pyrrole nitrogens is 1. The molecule has 1 aromatic carbocycles. The number of carbonyl (C=O) groups is 2. The second-order valence-corrected chi connectivity index (χ2v) is 7.60. The molecule has 154 valence electrons. The quantitative estimate of drug-likeness (QED) is 0.666. The third kappa shape index (κ3) is 3.34. The summed E-state index contributed by atoms with van der Waals surface area (Å²) >= 11 is 0. The van der Waals surface area contributed by atoms with Crippen LogP contribution in [0.25, 0.3) is 11.5 Å². The number of ether oxygens (including phenoxy) is 2. The number of piperidine rings is 1. The topological polar surface area (TPSA) is 97.7 Å². The molecule has 0 bridgehead atoms. The van der Waals surface area contributed by atoms with Gasteiger partial charge in [-0.05, 0) is 50.1 Å². The van der Waals surface area contributed by atoms with Gasteiger partial charge in [0.1, 0.15) is 11.5 Å². The number of aryl methyl sites for hydroxylation is 1. The number of aromatic amines is 1. The molecule has 2 aliphatic heterocycles. The SMILES string of the molecule is Cc1ccc(-c2cc(C(=O)N3CCCC(C(=O)c4ccc5c(c4)OCO5)C3)n[nH]2)o1. The molecule has 1 fully saturated rings. The van der Waals surface area contributed by atoms with Gasteiger partial charge in [0, 0.05) is 30.6 Å². The number of likely N-dealkylation sites (tertiary alicyclic amines) is 1. The minimum Gasteiger partial charge on any atom is -0.460 e. The normalized spacial score (nSPS) is 17.9. The molecule has 1 N–H and O–H groups in total. The number of hydrogen-bond acceptors (Lipinski definition) is 6. The third-order valence-electron chi connectivity index (χ3n) is 5.54. The van der Waals surface area contributed by atoms with E-state index in [9.17, 15) is 9.59 Å². The van der Waals surface area contributed by atoms with Crippen LogP contribution in [0.15, 0.2) is 40.8 Å². The number of rotatable bonds is 4. The third-order valence-corrected chi connectivity index (χ3v) is 5.54. The van der Waals surface area contributed by atoms with E-state index in [1.54, 1.807) is 29.2 Å². The van der Waals surface area contributed by atoms with E-state index in [1.807, 2.05) is 19.1 Å². The Kier molecular flexibility index (Phi) is 4.54. The maximum Gasteiger partial charge on any atom is 0.274 e. The van der Waals surface area contributed by atoms with Crippen molar-refractivity contribution in [2.24, 2.45) is 5.92 Å². The van der Waals surface area contributed by atoms with Crippen LogP contribution in [-0.2, 0) is 0 Å². The minimum atomic E-state index is -0.255. The highest BCUT2D eigenvalue weighted by atomic mass is 16.7. The molecular weight excluding hydrogens is 386 g/mol. The fraction of sp³-hybridized carbons (Fsp3) is 0.318. The number of benzene rings is 1. The van der Waals surface area contributed by atoms with Gasteiger partial charge in [0.25, 0.3) is 5.91 Å². The standard InChI is InChI=1S/C22H21N3O5/c1-13-4-6-18(30-13)16-10-17(24-23-16)22(27)25-8-2-3-15(11-25)21(26)14-5-7-19-20(9-14)29-12-28-19/h4-7,9-10,15H,2-3,8,11-12H2,1H3,(H,23,24). The van der Waals surface area contributed by atoms with Crippen LogP contribution in [0.2, 0.25) is 0 Å². The predicted molar refractivity (Wildman–Crippen MR) is 107 cm³/mol. The smallest absolute Gasteiger partial charge is 0.274 e. The fourth-order valence-corrected chi connectivity index (χ4v) is 3.96. The summed E-state index contributed by atoms with van der Waals surface area (Å²) < 4.78 is 16.3. The van der Waals surface area contributed by atoms with Crippen molar-refractivity contribution in [2.45, 2.75) is 19.8 Å². The van der Waals surface area contributed by atoms with Gasteiger partial charge in [-0.3, -0.25) is 14.7 Å². The number of nitrogens with one attached hydrogen (secondary N) is 1. The Labute approximate surface area is 172 Å². The Morgan fingerprint density at radius 3 is 2.83 bits per heavy atom. The van der Waals surface area contributed by atoms with Gasteiger partial charge in [-0.1, -0.05) is 0 Å². The number of Topliss-reactive ketones (excluding diaryl/α,β-unsaturated/α-hetero) is 1. The zero-order valence-electron chi connectivity index (χ0n) is 16.5. The van der Waals surface area contributed by atoms with Crippen molar-refractivity contribution >= 4 is 11.7 Å². The lowest BCUT2D eigenvalue weighted by molar-refractivity contribution is 0.0632. The first-order chi connectivity index (χ1) is 14.6. The molecule has 4 heterocycles. The molecule has 1 atom stereocenters. The van der Waals surface area contributed by atoms with Crippen molar-refractivity contribution in [3.05, 3.63) is 53.4 Å². The molecule has 2 aromatic heterocycles.